The van der Waals surface area contributed by atoms with Crippen LogP contribution in [-0.2, 0) is 6.54 Å². The first-order valence-electron chi connectivity index (χ1n) is 7.23. The Labute approximate surface area is 137 Å². The molecule has 0 atom stereocenters. The predicted octanol–water partition coefficient (Wildman–Crippen LogP) is 5.61. The second kappa shape index (κ2) is 7.35. The molecule has 0 fully saturated rings. The second-order valence-electron chi connectivity index (χ2n) is 5.60. The van der Waals surface area contributed by atoms with Gasteiger partial charge in [-0.25, -0.2) is 0 Å². The number of rotatable bonds is 5. The standard InChI is InChI=1S/C18H22ClNS/c1-12(2)20-11-16-17(19)6-5-7-18(16)21-15-9-8-13(3)14(4)10-15/h5-10,12,20H,11H2,1-4H3. The molecule has 1 nitrogen and oxygen atoms in total. The Morgan fingerprint density at radius 1 is 1.10 bits per heavy atom. The summed E-state index contributed by atoms with van der Waals surface area (Å²) in [5, 5.41) is 4.28. The van der Waals surface area contributed by atoms with Crippen LogP contribution in [0.4, 0.5) is 0 Å². The quantitative estimate of drug-likeness (QED) is 0.769. The van der Waals surface area contributed by atoms with Crippen LogP contribution in [0.3, 0.4) is 0 Å². The predicted molar refractivity (Wildman–Crippen MR) is 93.5 cm³/mol. The van der Waals surface area contributed by atoms with Crippen molar-refractivity contribution in [1.29, 1.82) is 0 Å². The second-order valence-corrected chi connectivity index (χ2v) is 7.12. The lowest BCUT2D eigenvalue weighted by Crippen LogP contribution is -2.22. The van der Waals surface area contributed by atoms with E-state index in [9.17, 15) is 0 Å². The Bertz CT molecular complexity index is 623. The fourth-order valence-electron chi connectivity index (χ4n) is 2.02. The molecule has 112 valence electrons. The molecule has 0 heterocycles. The summed E-state index contributed by atoms with van der Waals surface area (Å²) < 4.78 is 0. The van der Waals surface area contributed by atoms with Crippen LogP contribution in [0.15, 0.2) is 46.2 Å². The third-order valence-electron chi connectivity index (χ3n) is 3.47. The van der Waals surface area contributed by atoms with E-state index < -0.39 is 0 Å². The van der Waals surface area contributed by atoms with Gasteiger partial charge in [0.15, 0.2) is 0 Å². The van der Waals surface area contributed by atoms with Crippen LogP contribution in [0.25, 0.3) is 0 Å². The zero-order valence-electron chi connectivity index (χ0n) is 13.0. The number of aryl methyl sites for hydroxylation is 2. The third kappa shape index (κ3) is 4.50. The van der Waals surface area contributed by atoms with E-state index in [0.29, 0.717) is 6.04 Å². The molecular formula is C18H22ClNS. The van der Waals surface area contributed by atoms with Crippen molar-refractivity contribution in [3.05, 3.63) is 58.1 Å². The summed E-state index contributed by atoms with van der Waals surface area (Å²) in [4.78, 5) is 2.48. The minimum atomic E-state index is 0.445. The summed E-state index contributed by atoms with van der Waals surface area (Å²) in [5.41, 5.74) is 3.83. The molecule has 0 saturated heterocycles. The molecule has 0 aliphatic heterocycles. The van der Waals surface area contributed by atoms with Gasteiger partial charge in [-0.05, 0) is 54.8 Å². The summed E-state index contributed by atoms with van der Waals surface area (Å²) in [6.45, 7) is 9.38. The minimum absolute atomic E-state index is 0.445. The summed E-state index contributed by atoms with van der Waals surface area (Å²) in [6, 6.07) is 13.2. The molecule has 0 spiro atoms. The van der Waals surface area contributed by atoms with Gasteiger partial charge in [0.25, 0.3) is 0 Å². The highest BCUT2D eigenvalue weighted by Gasteiger charge is 2.09. The van der Waals surface area contributed by atoms with Crippen LogP contribution in [0.2, 0.25) is 5.02 Å². The van der Waals surface area contributed by atoms with E-state index in [4.69, 9.17) is 11.6 Å². The van der Waals surface area contributed by atoms with Crippen molar-refractivity contribution >= 4 is 23.4 Å². The van der Waals surface area contributed by atoms with E-state index in [0.717, 1.165) is 11.6 Å². The molecule has 0 aliphatic rings. The van der Waals surface area contributed by atoms with Gasteiger partial charge in [-0.1, -0.05) is 49.3 Å². The highest BCUT2D eigenvalue weighted by Crippen LogP contribution is 2.34. The number of hydrogen-bond donors (Lipinski definition) is 1. The van der Waals surface area contributed by atoms with Gasteiger partial charge in [0.1, 0.15) is 0 Å². The van der Waals surface area contributed by atoms with Crippen molar-refractivity contribution in [3.63, 3.8) is 0 Å². The molecule has 3 heteroatoms. The van der Waals surface area contributed by atoms with Crippen molar-refractivity contribution in [3.8, 4) is 0 Å². The molecule has 2 aromatic rings. The summed E-state index contributed by atoms with van der Waals surface area (Å²) in [7, 11) is 0. The molecule has 2 rings (SSSR count). The highest BCUT2D eigenvalue weighted by molar-refractivity contribution is 7.99. The normalized spacial score (nSPS) is 11.1. The van der Waals surface area contributed by atoms with Crippen LogP contribution in [0, 0.1) is 13.8 Å². The Kier molecular flexibility index (Phi) is 5.74. The van der Waals surface area contributed by atoms with Crippen LogP contribution >= 0.6 is 23.4 Å². The average molecular weight is 320 g/mol. The molecule has 0 unspecified atom stereocenters. The topological polar surface area (TPSA) is 12.0 Å². The summed E-state index contributed by atoms with van der Waals surface area (Å²) in [6.07, 6.45) is 0. The highest BCUT2D eigenvalue weighted by atomic mass is 35.5. The zero-order chi connectivity index (χ0) is 15.4. The van der Waals surface area contributed by atoms with Gasteiger partial charge >= 0.3 is 0 Å². The fourth-order valence-corrected chi connectivity index (χ4v) is 3.39. The van der Waals surface area contributed by atoms with Gasteiger partial charge in [0.2, 0.25) is 0 Å². The van der Waals surface area contributed by atoms with Crippen LogP contribution in [0.1, 0.15) is 30.5 Å². The average Bonchev–Trinajstić information content (AvgIpc) is 2.42. The first kappa shape index (κ1) is 16.4. The maximum absolute atomic E-state index is 6.38. The Morgan fingerprint density at radius 3 is 2.52 bits per heavy atom. The number of nitrogens with one attached hydrogen (secondary N) is 1. The lowest BCUT2D eigenvalue weighted by Gasteiger charge is -2.14. The first-order chi connectivity index (χ1) is 9.97. The van der Waals surface area contributed by atoms with Crippen LogP contribution in [0.5, 0.6) is 0 Å². The third-order valence-corrected chi connectivity index (χ3v) is 4.92. The fraction of sp³-hybridized carbons (Fsp3) is 0.333. The van der Waals surface area contributed by atoms with E-state index in [-0.39, 0.29) is 0 Å². The van der Waals surface area contributed by atoms with Gasteiger partial charge in [-0.2, -0.15) is 0 Å². The van der Waals surface area contributed by atoms with Crippen LogP contribution in [-0.4, -0.2) is 6.04 Å². The Balaban J connectivity index is 2.26. The molecule has 0 radical (unpaired) electrons. The Morgan fingerprint density at radius 2 is 1.86 bits per heavy atom. The van der Waals surface area contributed by atoms with E-state index in [1.807, 2.05) is 12.1 Å². The van der Waals surface area contributed by atoms with Gasteiger partial charge < -0.3 is 5.32 Å². The van der Waals surface area contributed by atoms with Crippen molar-refractivity contribution in [2.24, 2.45) is 0 Å². The Hall–Kier alpha value is -0.960. The largest absolute Gasteiger partial charge is 0.310 e. The van der Waals surface area contributed by atoms with Crippen molar-refractivity contribution in [2.45, 2.75) is 50.1 Å². The molecule has 1 N–H and O–H groups in total. The molecular weight excluding hydrogens is 298 g/mol. The van der Waals surface area contributed by atoms with E-state index >= 15 is 0 Å². The summed E-state index contributed by atoms with van der Waals surface area (Å²) >= 11 is 8.16. The minimum Gasteiger partial charge on any atom is -0.310 e. The number of hydrogen-bond acceptors (Lipinski definition) is 2. The van der Waals surface area contributed by atoms with E-state index in [1.165, 1.54) is 26.5 Å². The molecule has 0 bridgehead atoms. The van der Waals surface area contributed by atoms with Gasteiger partial charge in [0.05, 0.1) is 0 Å². The summed E-state index contributed by atoms with van der Waals surface area (Å²) in [5.74, 6) is 0. The van der Waals surface area contributed by atoms with Gasteiger partial charge in [-0.15, -0.1) is 0 Å². The first-order valence-corrected chi connectivity index (χ1v) is 8.42. The number of halogens is 1. The SMILES string of the molecule is Cc1ccc(Sc2cccc(Cl)c2CNC(C)C)cc1C. The van der Waals surface area contributed by atoms with E-state index in [1.54, 1.807) is 11.8 Å². The number of benzene rings is 2. The smallest absolute Gasteiger partial charge is 0.0462 e. The molecule has 21 heavy (non-hydrogen) atoms. The molecule has 0 amide bonds. The molecule has 0 aliphatic carbocycles. The van der Waals surface area contributed by atoms with E-state index in [2.05, 4.69) is 57.3 Å². The van der Waals surface area contributed by atoms with Crippen molar-refractivity contribution in [2.75, 3.05) is 0 Å². The van der Waals surface area contributed by atoms with Gasteiger partial charge in [-0.3, -0.25) is 0 Å². The lowest BCUT2D eigenvalue weighted by atomic mass is 10.1. The monoisotopic (exact) mass is 319 g/mol. The zero-order valence-corrected chi connectivity index (χ0v) is 14.6. The maximum Gasteiger partial charge on any atom is 0.0462 e. The van der Waals surface area contributed by atoms with Gasteiger partial charge in [0, 0.05) is 27.4 Å². The van der Waals surface area contributed by atoms with Crippen molar-refractivity contribution in [1.82, 2.24) is 5.32 Å². The lowest BCUT2D eigenvalue weighted by molar-refractivity contribution is 0.585. The molecule has 0 aromatic heterocycles. The molecule has 0 saturated carbocycles. The van der Waals surface area contributed by atoms with Crippen molar-refractivity contribution < 1.29 is 0 Å². The van der Waals surface area contributed by atoms with Crippen LogP contribution < -0.4 is 5.32 Å². The molecule has 2 aromatic carbocycles. The maximum atomic E-state index is 6.38.